The molecule has 3 amide bonds. The number of amides is 3. The summed E-state index contributed by atoms with van der Waals surface area (Å²) in [7, 11) is 0. The third-order valence-corrected chi connectivity index (χ3v) is 5.07. The van der Waals surface area contributed by atoms with Crippen molar-refractivity contribution in [3.05, 3.63) is 95.4 Å². The number of hydrogen-bond acceptors (Lipinski definition) is 4. The molecule has 2 N–H and O–H groups in total. The first-order chi connectivity index (χ1) is 15.3. The third kappa shape index (κ3) is 4.00. The highest BCUT2D eigenvalue weighted by Gasteiger charge is 2.40. The minimum absolute atomic E-state index is 0.126. The molecular weight excluding hydrogens is 409 g/mol. The molecule has 4 rings (SSSR count). The number of hydrogen-bond donors (Lipinski definition) is 2. The minimum Gasteiger partial charge on any atom is -0.350 e. The number of para-hydroxylation sites is 1. The molecule has 0 saturated heterocycles. The summed E-state index contributed by atoms with van der Waals surface area (Å²) >= 11 is 0. The summed E-state index contributed by atoms with van der Waals surface area (Å²) in [5, 5.41) is 5.79. The number of nitrogens with one attached hydrogen (secondary N) is 2. The van der Waals surface area contributed by atoms with Crippen LogP contribution in [-0.4, -0.2) is 17.7 Å². The van der Waals surface area contributed by atoms with Crippen LogP contribution in [0, 0.1) is 12.7 Å². The molecule has 3 aromatic rings. The van der Waals surface area contributed by atoms with Crippen molar-refractivity contribution < 1.29 is 18.8 Å². The van der Waals surface area contributed by atoms with Crippen LogP contribution in [0.15, 0.2) is 78.5 Å². The van der Waals surface area contributed by atoms with Gasteiger partial charge in [-0.1, -0.05) is 30.3 Å². The summed E-state index contributed by atoms with van der Waals surface area (Å²) in [6.45, 7) is 3.30. The van der Waals surface area contributed by atoms with Crippen LogP contribution in [0.4, 0.5) is 21.5 Å². The average molecular weight is 429 g/mol. The van der Waals surface area contributed by atoms with Crippen LogP contribution in [0.1, 0.15) is 18.1 Å². The highest BCUT2D eigenvalue weighted by Crippen LogP contribution is 2.34. The maximum Gasteiger partial charge on any atom is 0.282 e. The van der Waals surface area contributed by atoms with E-state index < -0.39 is 17.6 Å². The second kappa shape index (κ2) is 8.47. The van der Waals surface area contributed by atoms with E-state index in [1.807, 2.05) is 31.2 Å². The molecule has 0 aromatic heterocycles. The molecule has 160 valence electrons. The monoisotopic (exact) mass is 429 g/mol. The number of anilines is 3. The second-order valence-corrected chi connectivity index (χ2v) is 7.37. The maximum atomic E-state index is 13.4. The molecule has 0 aliphatic carbocycles. The van der Waals surface area contributed by atoms with Crippen LogP contribution in [0.25, 0.3) is 5.57 Å². The zero-order valence-corrected chi connectivity index (χ0v) is 17.5. The van der Waals surface area contributed by atoms with Crippen LogP contribution in [-0.2, 0) is 14.4 Å². The van der Waals surface area contributed by atoms with Gasteiger partial charge in [0.25, 0.3) is 11.8 Å². The average Bonchev–Trinajstić information content (AvgIpc) is 3.00. The highest BCUT2D eigenvalue weighted by molar-refractivity contribution is 6.46. The van der Waals surface area contributed by atoms with E-state index >= 15 is 0 Å². The van der Waals surface area contributed by atoms with Crippen molar-refractivity contribution >= 4 is 40.4 Å². The van der Waals surface area contributed by atoms with Crippen molar-refractivity contribution in [2.45, 2.75) is 13.8 Å². The summed E-state index contributed by atoms with van der Waals surface area (Å²) in [4.78, 5) is 39.1. The fourth-order valence-corrected chi connectivity index (χ4v) is 3.51. The zero-order chi connectivity index (χ0) is 22.8. The molecule has 6 nitrogen and oxygen atoms in total. The zero-order valence-electron chi connectivity index (χ0n) is 17.5. The van der Waals surface area contributed by atoms with Crippen molar-refractivity contribution in [2.75, 3.05) is 15.5 Å². The van der Waals surface area contributed by atoms with Gasteiger partial charge >= 0.3 is 0 Å². The smallest absolute Gasteiger partial charge is 0.282 e. The molecule has 0 radical (unpaired) electrons. The van der Waals surface area contributed by atoms with Crippen molar-refractivity contribution in [2.24, 2.45) is 0 Å². The van der Waals surface area contributed by atoms with E-state index in [2.05, 4.69) is 10.6 Å². The van der Waals surface area contributed by atoms with Gasteiger partial charge in [-0.2, -0.15) is 0 Å². The summed E-state index contributed by atoms with van der Waals surface area (Å²) in [6.07, 6.45) is 0. The molecule has 0 atom stereocenters. The van der Waals surface area contributed by atoms with Gasteiger partial charge in [0.05, 0.1) is 11.3 Å². The number of nitrogens with zero attached hydrogens (tertiary/aromatic N) is 1. The Hall–Kier alpha value is -4.26. The summed E-state index contributed by atoms with van der Waals surface area (Å²) in [5.74, 6) is -1.74. The Balaban J connectivity index is 1.79. The molecule has 0 bridgehead atoms. The fraction of sp³-hybridized carbons (Fsp3) is 0.0800. The van der Waals surface area contributed by atoms with Crippen molar-refractivity contribution in [1.82, 2.24) is 0 Å². The van der Waals surface area contributed by atoms with Crippen LogP contribution >= 0.6 is 0 Å². The number of benzene rings is 3. The van der Waals surface area contributed by atoms with E-state index in [1.165, 1.54) is 31.2 Å². The number of rotatable bonds is 5. The topological polar surface area (TPSA) is 78.5 Å². The molecule has 0 spiro atoms. The molecular formula is C25H20FN3O3. The molecule has 32 heavy (non-hydrogen) atoms. The predicted octanol–water partition coefficient (Wildman–Crippen LogP) is 4.49. The SMILES string of the molecule is CC(=O)Nc1ccc(C2=C(Nc3ccccc3C)C(=O)N(c3ccc(F)cc3)C2=O)cc1. The van der Waals surface area contributed by atoms with Gasteiger partial charge in [-0.05, 0) is 60.5 Å². The lowest BCUT2D eigenvalue weighted by molar-refractivity contribution is -0.120. The molecule has 0 saturated carbocycles. The molecule has 1 heterocycles. The van der Waals surface area contributed by atoms with E-state index in [0.29, 0.717) is 16.9 Å². The quantitative estimate of drug-likeness (QED) is 0.586. The molecule has 7 heteroatoms. The lowest BCUT2D eigenvalue weighted by atomic mass is 10.0. The van der Waals surface area contributed by atoms with Crippen molar-refractivity contribution in [3.8, 4) is 0 Å². The van der Waals surface area contributed by atoms with Gasteiger partial charge in [-0.25, -0.2) is 9.29 Å². The number of carbonyl (C=O) groups is 3. The van der Waals surface area contributed by atoms with Gasteiger partial charge < -0.3 is 10.6 Å². The Labute approximate surface area is 184 Å². The van der Waals surface area contributed by atoms with Crippen LogP contribution < -0.4 is 15.5 Å². The van der Waals surface area contributed by atoms with E-state index in [4.69, 9.17) is 0 Å². The van der Waals surface area contributed by atoms with Crippen LogP contribution in [0.5, 0.6) is 0 Å². The van der Waals surface area contributed by atoms with E-state index in [-0.39, 0.29) is 22.9 Å². The Kier molecular flexibility index (Phi) is 5.55. The normalized spacial score (nSPS) is 13.5. The number of halogens is 1. The maximum absolute atomic E-state index is 13.4. The molecule has 1 aliphatic heterocycles. The van der Waals surface area contributed by atoms with E-state index in [0.717, 1.165) is 10.5 Å². The van der Waals surface area contributed by atoms with Crippen LogP contribution in [0.2, 0.25) is 0 Å². The second-order valence-electron chi connectivity index (χ2n) is 7.37. The van der Waals surface area contributed by atoms with Crippen molar-refractivity contribution in [1.29, 1.82) is 0 Å². The molecule has 0 fully saturated rings. The Morgan fingerprint density at radius 1 is 0.875 bits per heavy atom. The first-order valence-corrected chi connectivity index (χ1v) is 9.94. The summed E-state index contributed by atoms with van der Waals surface area (Å²) in [6, 6.07) is 19.2. The minimum atomic E-state index is -0.536. The number of aryl methyl sites for hydroxylation is 1. The lowest BCUT2D eigenvalue weighted by Gasteiger charge is -2.15. The largest absolute Gasteiger partial charge is 0.350 e. The summed E-state index contributed by atoms with van der Waals surface area (Å²) < 4.78 is 13.4. The third-order valence-electron chi connectivity index (χ3n) is 5.07. The first-order valence-electron chi connectivity index (χ1n) is 9.94. The predicted molar refractivity (Wildman–Crippen MR) is 121 cm³/mol. The number of imide groups is 1. The summed E-state index contributed by atoms with van der Waals surface area (Å²) in [5.41, 5.74) is 3.27. The van der Waals surface area contributed by atoms with Crippen molar-refractivity contribution in [3.63, 3.8) is 0 Å². The van der Waals surface area contributed by atoms with Gasteiger partial charge in [0, 0.05) is 18.3 Å². The van der Waals surface area contributed by atoms with Gasteiger partial charge in [-0.3, -0.25) is 14.4 Å². The lowest BCUT2D eigenvalue weighted by Crippen LogP contribution is -2.32. The molecule has 3 aromatic carbocycles. The standard InChI is InChI=1S/C25H20FN3O3/c1-15-5-3-4-6-21(15)28-23-22(17-7-11-19(12-8-17)27-16(2)30)24(31)29(25(23)32)20-13-9-18(26)10-14-20/h3-14,28H,1-2H3,(H,27,30). The van der Waals surface area contributed by atoms with E-state index in [1.54, 1.807) is 24.3 Å². The van der Waals surface area contributed by atoms with Gasteiger partial charge in [-0.15, -0.1) is 0 Å². The van der Waals surface area contributed by atoms with E-state index in [9.17, 15) is 18.8 Å². The Bertz CT molecular complexity index is 1250. The van der Waals surface area contributed by atoms with Gasteiger partial charge in [0.1, 0.15) is 11.5 Å². The van der Waals surface area contributed by atoms with Crippen LogP contribution in [0.3, 0.4) is 0 Å². The molecule has 1 aliphatic rings. The number of carbonyl (C=O) groups excluding carboxylic acids is 3. The van der Waals surface area contributed by atoms with Gasteiger partial charge in [0.2, 0.25) is 5.91 Å². The fourth-order valence-electron chi connectivity index (χ4n) is 3.51. The Morgan fingerprint density at radius 3 is 2.16 bits per heavy atom. The first kappa shape index (κ1) is 21.0. The van der Waals surface area contributed by atoms with Gasteiger partial charge in [0.15, 0.2) is 0 Å². The Morgan fingerprint density at radius 2 is 1.53 bits per heavy atom. The molecule has 0 unspecified atom stereocenters. The highest BCUT2D eigenvalue weighted by atomic mass is 19.1.